The Kier molecular flexibility index (Phi) is 4.55. The van der Waals surface area contributed by atoms with Crippen LogP contribution in [-0.2, 0) is 6.54 Å². The monoisotopic (exact) mass is 288 g/mol. The number of nitrogens with zero attached hydrogens (tertiary/aromatic N) is 2. The van der Waals surface area contributed by atoms with E-state index in [2.05, 4.69) is 15.5 Å². The molecule has 21 heavy (non-hydrogen) atoms. The summed E-state index contributed by atoms with van der Waals surface area (Å²) in [7, 11) is 3.14. The highest BCUT2D eigenvalue weighted by molar-refractivity contribution is 5.92. The number of carbonyl (C=O) groups excluding carboxylic acids is 1. The summed E-state index contributed by atoms with van der Waals surface area (Å²) >= 11 is 0. The number of hydrogen-bond acceptors (Lipinski definition) is 6. The second-order valence-corrected chi connectivity index (χ2v) is 4.20. The van der Waals surface area contributed by atoms with E-state index in [9.17, 15) is 4.79 Å². The fraction of sp³-hybridized carbons (Fsp3) is 0.214. The Morgan fingerprint density at radius 2 is 2.00 bits per heavy atom. The Balaban J connectivity index is 2.05. The van der Waals surface area contributed by atoms with Crippen molar-refractivity contribution in [2.75, 3.05) is 20.0 Å². The van der Waals surface area contributed by atoms with Gasteiger partial charge in [0.1, 0.15) is 17.3 Å². The predicted octanol–water partition coefficient (Wildman–Crippen LogP) is 1.01. The molecule has 2 rings (SSSR count). The first-order valence-corrected chi connectivity index (χ1v) is 6.22. The highest BCUT2D eigenvalue weighted by Crippen LogP contribution is 2.24. The van der Waals surface area contributed by atoms with Crippen molar-refractivity contribution in [3.05, 3.63) is 41.6 Å². The molecule has 0 aliphatic rings. The van der Waals surface area contributed by atoms with Crippen LogP contribution in [0.5, 0.6) is 11.5 Å². The van der Waals surface area contributed by atoms with Crippen LogP contribution in [0, 0.1) is 0 Å². The van der Waals surface area contributed by atoms with Gasteiger partial charge in [0.05, 0.1) is 14.2 Å². The van der Waals surface area contributed by atoms with Crippen molar-refractivity contribution in [2.24, 2.45) is 0 Å². The van der Waals surface area contributed by atoms with E-state index in [-0.39, 0.29) is 17.4 Å². The molecule has 0 aliphatic heterocycles. The fourth-order valence-corrected chi connectivity index (χ4v) is 1.73. The molecule has 7 heteroatoms. The minimum Gasteiger partial charge on any atom is -0.497 e. The van der Waals surface area contributed by atoms with Gasteiger partial charge in [-0.1, -0.05) is 0 Å². The average Bonchev–Trinajstić information content (AvgIpc) is 2.53. The van der Waals surface area contributed by atoms with Crippen LogP contribution in [0.2, 0.25) is 0 Å². The molecule has 0 spiro atoms. The quantitative estimate of drug-likeness (QED) is 0.851. The van der Waals surface area contributed by atoms with E-state index in [0.29, 0.717) is 18.0 Å². The standard InChI is InChI=1S/C14H16N4O3/c1-20-10-4-3-9(12(7-10)21-2)8-16-14(19)11-5-6-13(15)18-17-11/h3-7H,8H2,1-2H3,(H2,15,18)(H,16,19). The minimum absolute atomic E-state index is 0.205. The molecule has 0 radical (unpaired) electrons. The Morgan fingerprint density at radius 1 is 1.19 bits per heavy atom. The van der Waals surface area contributed by atoms with Crippen LogP contribution in [0.25, 0.3) is 0 Å². The summed E-state index contributed by atoms with van der Waals surface area (Å²) in [5.41, 5.74) is 6.46. The van der Waals surface area contributed by atoms with Gasteiger partial charge in [0, 0.05) is 18.2 Å². The Bertz CT molecular complexity index is 629. The van der Waals surface area contributed by atoms with Gasteiger partial charge in [0.25, 0.3) is 5.91 Å². The molecule has 0 fully saturated rings. The number of aromatic nitrogens is 2. The zero-order valence-corrected chi connectivity index (χ0v) is 11.8. The van der Waals surface area contributed by atoms with Gasteiger partial charge in [0.15, 0.2) is 5.69 Å². The molecule has 0 bridgehead atoms. The van der Waals surface area contributed by atoms with Crippen molar-refractivity contribution in [2.45, 2.75) is 6.54 Å². The molecule has 1 aromatic heterocycles. The summed E-state index contributed by atoms with van der Waals surface area (Å²) in [6, 6.07) is 8.42. The van der Waals surface area contributed by atoms with Gasteiger partial charge in [-0.3, -0.25) is 4.79 Å². The summed E-state index contributed by atoms with van der Waals surface area (Å²) in [6.45, 7) is 0.304. The van der Waals surface area contributed by atoms with Crippen LogP contribution in [0.4, 0.5) is 5.82 Å². The summed E-state index contributed by atoms with van der Waals surface area (Å²) in [5.74, 6) is 1.26. The molecule has 0 aliphatic carbocycles. The van der Waals surface area contributed by atoms with Gasteiger partial charge in [-0.15, -0.1) is 10.2 Å². The molecule has 110 valence electrons. The third-order valence-electron chi connectivity index (χ3n) is 2.85. The molecule has 0 saturated carbocycles. The highest BCUT2D eigenvalue weighted by atomic mass is 16.5. The SMILES string of the molecule is COc1ccc(CNC(=O)c2ccc(N)nn2)c(OC)c1. The van der Waals surface area contributed by atoms with Gasteiger partial charge in [-0.25, -0.2) is 0 Å². The molecule has 7 nitrogen and oxygen atoms in total. The molecule has 1 amide bonds. The zero-order valence-electron chi connectivity index (χ0n) is 11.8. The second-order valence-electron chi connectivity index (χ2n) is 4.20. The molecule has 3 N–H and O–H groups in total. The van der Waals surface area contributed by atoms with E-state index in [1.54, 1.807) is 26.4 Å². The number of hydrogen-bond donors (Lipinski definition) is 2. The van der Waals surface area contributed by atoms with Gasteiger partial charge < -0.3 is 20.5 Å². The van der Waals surface area contributed by atoms with Crippen molar-refractivity contribution in [1.82, 2.24) is 15.5 Å². The summed E-state index contributed by atoms with van der Waals surface area (Å²) in [6.07, 6.45) is 0. The van der Waals surface area contributed by atoms with E-state index < -0.39 is 0 Å². The van der Waals surface area contributed by atoms with Crippen LogP contribution in [0.15, 0.2) is 30.3 Å². The molecule has 2 aromatic rings. The molecule has 0 unspecified atom stereocenters. The van der Waals surface area contributed by atoms with Gasteiger partial charge in [-0.05, 0) is 24.3 Å². The van der Waals surface area contributed by atoms with Gasteiger partial charge in [-0.2, -0.15) is 0 Å². The van der Waals surface area contributed by atoms with Gasteiger partial charge in [0.2, 0.25) is 0 Å². The number of carbonyl (C=O) groups is 1. The Labute approximate surface area is 122 Å². The van der Waals surface area contributed by atoms with Crippen LogP contribution < -0.4 is 20.5 Å². The number of benzene rings is 1. The Hall–Kier alpha value is -2.83. The normalized spacial score (nSPS) is 10.0. The van der Waals surface area contributed by atoms with E-state index in [4.69, 9.17) is 15.2 Å². The minimum atomic E-state index is -0.333. The maximum atomic E-state index is 11.9. The molecule has 1 heterocycles. The lowest BCUT2D eigenvalue weighted by atomic mass is 10.2. The molecular weight excluding hydrogens is 272 g/mol. The van der Waals surface area contributed by atoms with Crippen molar-refractivity contribution in [3.63, 3.8) is 0 Å². The first-order valence-electron chi connectivity index (χ1n) is 6.22. The maximum Gasteiger partial charge on any atom is 0.272 e. The van der Waals surface area contributed by atoms with Crippen LogP contribution in [-0.4, -0.2) is 30.3 Å². The zero-order chi connectivity index (χ0) is 15.2. The van der Waals surface area contributed by atoms with Crippen molar-refractivity contribution in [1.29, 1.82) is 0 Å². The number of ether oxygens (including phenoxy) is 2. The third kappa shape index (κ3) is 3.59. The lowest BCUT2D eigenvalue weighted by Gasteiger charge is -2.11. The average molecular weight is 288 g/mol. The van der Waals surface area contributed by atoms with Crippen molar-refractivity contribution < 1.29 is 14.3 Å². The number of amides is 1. The molecule has 0 saturated heterocycles. The highest BCUT2D eigenvalue weighted by Gasteiger charge is 2.10. The number of nitrogen functional groups attached to an aromatic ring is 1. The second kappa shape index (κ2) is 6.56. The smallest absolute Gasteiger partial charge is 0.272 e. The largest absolute Gasteiger partial charge is 0.497 e. The van der Waals surface area contributed by atoms with Crippen LogP contribution in [0.3, 0.4) is 0 Å². The number of nitrogens with two attached hydrogens (primary N) is 1. The molecule has 1 aromatic carbocycles. The topological polar surface area (TPSA) is 99.4 Å². The number of methoxy groups -OCH3 is 2. The third-order valence-corrected chi connectivity index (χ3v) is 2.85. The van der Waals surface area contributed by atoms with Crippen molar-refractivity contribution in [3.8, 4) is 11.5 Å². The maximum absolute atomic E-state index is 11.9. The first-order chi connectivity index (χ1) is 10.1. The Morgan fingerprint density at radius 3 is 2.62 bits per heavy atom. The number of nitrogens with one attached hydrogen (secondary N) is 1. The van der Waals surface area contributed by atoms with Crippen LogP contribution >= 0.6 is 0 Å². The van der Waals surface area contributed by atoms with Crippen LogP contribution in [0.1, 0.15) is 16.1 Å². The lowest BCUT2D eigenvalue weighted by molar-refractivity contribution is 0.0944. The number of anilines is 1. The van der Waals surface area contributed by atoms with E-state index >= 15 is 0 Å². The van der Waals surface area contributed by atoms with Crippen molar-refractivity contribution >= 4 is 11.7 Å². The predicted molar refractivity (Wildman–Crippen MR) is 77.2 cm³/mol. The fourth-order valence-electron chi connectivity index (χ4n) is 1.73. The van der Waals surface area contributed by atoms with E-state index in [1.807, 2.05) is 6.07 Å². The van der Waals surface area contributed by atoms with E-state index in [1.165, 1.54) is 12.1 Å². The summed E-state index contributed by atoms with van der Waals surface area (Å²) in [5, 5.41) is 10.1. The lowest BCUT2D eigenvalue weighted by Crippen LogP contribution is -2.24. The molecular formula is C14H16N4O3. The van der Waals surface area contributed by atoms with E-state index in [0.717, 1.165) is 5.56 Å². The summed E-state index contributed by atoms with van der Waals surface area (Å²) < 4.78 is 10.4. The van der Waals surface area contributed by atoms with Gasteiger partial charge >= 0.3 is 0 Å². The summed E-state index contributed by atoms with van der Waals surface area (Å²) in [4.78, 5) is 11.9. The number of rotatable bonds is 5. The molecule has 0 atom stereocenters. The first kappa shape index (κ1) is 14.6.